The average molecular weight is 395 g/mol. The van der Waals surface area contributed by atoms with Crippen molar-refractivity contribution in [3.8, 4) is 0 Å². The molecule has 0 radical (unpaired) electrons. The van der Waals surface area contributed by atoms with Gasteiger partial charge in [0.2, 0.25) is 0 Å². The monoisotopic (exact) mass is 393 g/mol. The minimum absolute atomic E-state index is 0.720. The van der Waals surface area contributed by atoms with E-state index in [9.17, 15) is 0 Å². The molecular weight excluding hydrogens is 382 g/mol. The Kier molecular flexibility index (Phi) is 3.85. The molecule has 0 spiro atoms. The van der Waals surface area contributed by atoms with E-state index in [1.807, 2.05) is 24.5 Å². The molecule has 102 valence electrons. The van der Waals surface area contributed by atoms with Gasteiger partial charge in [-0.05, 0) is 62.5 Å². The highest BCUT2D eigenvalue weighted by atomic mass is 79.9. The lowest BCUT2D eigenvalue weighted by molar-refractivity contribution is 0.611. The molecule has 0 bridgehead atoms. The van der Waals surface area contributed by atoms with Crippen molar-refractivity contribution < 1.29 is 4.42 Å². The van der Waals surface area contributed by atoms with E-state index < -0.39 is 0 Å². The number of nitrogens with one attached hydrogen (secondary N) is 1. The van der Waals surface area contributed by atoms with Crippen LogP contribution in [-0.4, -0.2) is 0 Å². The molecule has 1 N–H and O–H groups in total. The zero-order valence-corrected chi connectivity index (χ0v) is 14.1. The zero-order valence-electron chi connectivity index (χ0n) is 10.9. The lowest BCUT2D eigenvalue weighted by Crippen LogP contribution is -2.00. The highest BCUT2D eigenvalue weighted by Crippen LogP contribution is 2.33. The first kappa shape index (κ1) is 13.7. The molecule has 20 heavy (non-hydrogen) atoms. The molecule has 2 nitrogen and oxygen atoms in total. The van der Waals surface area contributed by atoms with Crippen LogP contribution < -0.4 is 5.32 Å². The standard InChI is InChI=1S/C16H13Br2NO/c1-10-6-13(17)16(14(18)7-10)19-8-11-9-20-15-5-3-2-4-12(11)15/h2-7,9,19H,8H2,1H3. The van der Waals surface area contributed by atoms with Gasteiger partial charge in [-0.25, -0.2) is 0 Å². The van der Waals surface area contributed by atoms with Gasteiger partial charge in [-0.3, -0.25) is 0 Å². The van der Waals surface area contributed by atoms with Crippen LogP contribution in [0.2, 0.25) is 0 Å². The maximum absolute atomic E-state index is 5.55. The van der Waals surface area contributed by atoms with Crippen LogP contribution in [0.4, 0.5) is 5.69 Å². The van der Waals surface area contributed by atoms with Gasteiger partial charge in [0.25, 0.3) is 0 Å². The Morgan fingerprint density at radius 2 is 1.80 bits per heavy atom. The van der Waals surface area contributed by atoms with Gasteiger partial charge >= 0.3 is 0 Å². The first-order valence-electron chi connectivity index (χ1n) is 6.30. The second-order valence-electron chi connectivity index (χ2n) is 4.71. The average Bonchev–Trinajstić information content (AvgIpc) is 2.81. The number of anilines is 1. The summed E-state index contributed by atoms with van der Waals surface area (Å²) in [5, 5.41) is 4.60. The third-order valence-electron chi connectivity index (χ3n) is 3.20. The number of benzene rings is 2. The first-order chi connectivity index (χ1) is 9.65. The summed E-state index contributed by atoms with van der Waals surface area (Å²) in [5.74, 6) is 0. The SMILES string of the molecule is Cc1cc(Br)c(NCc2coc3ccccc23)c(Br)c1. The van der Waals surface area contributed by atoms with Crippen molar-refractivity contribution >= 4 is 48.5 Å². The second-order valence-corrected chi connectivity index (χ2v) is 6.42. The van der Waals surface area contributed by atoms with E-state index in [-0.39, 0.29) is 0 Å². The molecule has 0 saturated carbocycles. The third kappa shape index (κ3) is 2.63. The molecular formula is C16H13Br2NO. The van der Waals surface area contributed by atoms with Gasteiger partial charge in [0.05, 0.1) is 12.0 Å². The molecule has 3 rings (SSSR count). The van der Waals surface area contributed by atoms with Gasteiger partial charge in [0.1, 0.15) is 5.58 Å². The van der Waals surface area contributed by atoms with Crippen molar-refractivity contribution in [2.75, 3.05) is 5.32 Å². The number of fused-ring (bicyclic) bond motifs is 1. The maximum atomic E-state index is 5.55. The minimum Gasteiger partial charge on any atom is -0.464 e. The lowest BCUT2D eigenvalue weighted by Gasteiger charge is -2.11. The molecule has 0 aliphatic rings. The van der Waals surface area contributed by atoms with E-state index in [1.165, 1.54) is 5.56 Å². The Balaban J connectivity index is 1.87. The van der Waals surface area contributed by atoms with E-state index in [0.717, 1.165) is 37.7 Å². The number of para-hydroxylation sites is 1. The van der Waals surface area contributed by atoms with Crippen LogP contribution in [0, 0.1) is 6.92 Å². The Morgan fingerprint density at radius 3 is 2.55 bits per heavy atom. The van der Waals surface area contributed by atoms with Crippen LogP contribution in [0.25, 0.3) is 11.0 Å². The Labute approximate surface area is 134 Å². The van der Waals surface area contributed by atoms with Crippen molar-refractivity contribution in [3.63, 3.8) is 0 Å². The predicted molar refractivity (Wildman–Crippen MR) is 90.1 cm³/mol. The summed E-state index contributed by atoms with van der Waals surface area (Å²) in [5.41, 5.74) is 4.34. The lowest BCUT2D eigenvalue weighted by atomic mass is 10.1. The number of furan rings is 1. The number of aryl methyl sites for hydroxylation is 1. The minimum atomic E-state index is 0.720. The summed E-state index contributed by atoms with van der Waals surface area (Å²) >= 11 is 7.19. The first-order valence-corrected chi connectivity index (χ1v) is 7.88. The van der Waals surface area contributed by atoms with Crippen molar-refractivity contribution in [2.24, 2.45) is 0 Å². The maximum Gasteiger partial charge on any atom is 0.134 e. The Bertz CT molecular complexity index is 741. The molecule has 2 aromatic carbocycles. The van der Waals surface area contributed by atoms with Crippen molar-refractivity contribution in [1.29, 1.82) is 0 Å². The smallest absolute Gasteiger partial charge is 0.134 e. The van der Waals surface area contributed by atoms with Crippen molar-refractivity contribution in [3.05, 3.63) is 62.7 Å². The van der Waals surface area contributed by atoms with Crippen LogP contribution >= 0.6 is 31.9 Å². The number of hydrogen-bond acceptors (Lipinski definition) is 2. The number of hydrogen-bond donors (Lipinski definition) is 1. The fourth-order valence-electron chi connectivity index (χ4n) is 2.22. The van der Waals surface area contributed by atoms with E-state index in [1.54, 1.807) is 0 Å². The van der Waals surface area contributed by atoms with Crippen molar-refractivity contribution in [2.45, 2.75) is 13.5 Å². The van der Waals surface area contributed by atoms with E-state index in [2.05, 4.69) is 62.3 Å². The van der Waals surface area contributed by atoms with Gasteiger partial charge in [-0.2, -0.15) is 0 Å². The molecule has 0 unspecified atom stereocenters. The molecule has 3 aromatic rings. The van der Waals surface area contributed by atoms with Gasteiger partial charge in [0, 0.05) is 26.4 Å². The van der Waals surface area contributed by atoms with E-state index >= 15 is 0 Å². The highest BCUT2D eigenvalue weighted by Gasteiger charge is 2.08. The van der Waals surface area contributed by atoms with Gasteiger partial charge in [0.15, 0.2) is 0 Å². The van der Waals surface area contributed by atoms with Gasteiger partial charge in [-0.15, -0.1) is 0 Å². The van der Waals surface area contributed by atoms with Gasteiger partial charge in [-0.1, -0.05) is 18.2 Å². The molecule has 0 atom stereocenters. The van der Waals surface area contributed by atoms with Gasteiger partial charge < -0.3 is 9.73 Å². The van der Waals surface area contributed by atoms with E-state index in [0.29, 0.717) is 0 Å². The summed E-state index contributed by atoms with van der Waals surface area (Å²) in [6, 6.07) is 12.3. The summed E-state index contributed by atoms with van der Waals surface area (Å²) in [6.45, 7) is 2.79. The van der Waals surface area contributed by atoms with E-state index in [4.69, 9.17) is 4.42 Å². The molecule has 4 heteroatoms. The predicted octanol–water partition coefficient (Wildman–Crippen LogP) is 5.88. The molecule has 0 aliphatic carbocycles. The second kappa shape index (κ2) is 5.62. The van der Waals surface area contributed by atoms with Crippen LogP contribution in [0.1, 0.15) is 11.1 Å². The molecule has 1 aromatic heterocycles. The molecule has 0 saturated heterocycles. The van der Waals surface area contributed by atoms with Crippen LogP contribution in [-0.2, 0) is 6.54 Å². The quantitative estimate of drug-likeness (QED) is 0.600. The fourth-order valence-corrected chi connectivity index (χ4v) is 3.92. The largest absolute Gasteiger partial charge is 0.464 e. The van der Waals surface area contributed by atoms with Crippen LogP contribution in [0.5, 0.6) is 0 Å². The highest BCUT2D eigenvalue weighted by molar-refractivity contribution is 9.11. The Hall–Kier alpha value is -1.26. The Morgan fingerprint density at radius 1 is 1.10 bits per heavy atom. The third-order valence-corrected chi connectivity index (χ3v) is 4.45. The normalized spacial score (nSPS) is 10.9. The molecule has 0 aliphatic heterocycles. The molecule has 0 amide bonds. The number of rotatable bonds is 3. The fraction of sp³-hybridized carbons (Fsp3) is 0.125. The van der Waals surface area contributed by atoms with Crippen LogP contribution in [0.3, 0.4) is 0 Å². The number of halogens is 2. The summed E-state index contributed by atoms with van der Waals surface area (Å²) in [6.07, 6.45) is 1.81. The zero-order chi connectivity index (χ0) is 14.1. The summed E-state index contributed by atoms with van der Waals surface area (Å²) in [4.78, 5) is 0. The van der Waals surface area contributed by atoms with Crippen molar-refractivity contribution in [1.82, 2.24) is 0 Å². The summed E-state index contributed by atoms with van der Waals surface area (Å²) < 4.78 is 7.66. The molecule has 1 heterocycles. The molecule has 0 fully saturated rings. The topological polar surface area (TPSA) is 25.2 Å². The summed E-state index contributed by atoms with van der Waals surface area (Å²) in [7, 11) is 0. The van der Waals surface area contributed by atoms with Crippen LogP contribution in [0.15, 0.2) is 56.0 Å².